The maximum Gasteiger partial charge on any atom is 0.113 e. The monoisotopic (exact) mass is 272 g/mol. The zero-order valence-corrected chi connectivity index (χ0v) is 9.73. The standard InChI is InChI=1S/C9H9BrN2OS/c10-9-8(6-2-1-5-14-6)11-7(12-9)3-4-13/h1-2,5,13H,3-4H2,(H,11,12). The van der Waals surface area contributed by atoms with E-state index >= 15 is 0 Å². The maximum atomic E-state index is 8.78. The number of aliphatic hydroxyl groups excluding tert-OH is 1. The van der Waals surface area contributed by atoms with Crippen LogP contribution < -0.4 is 0 Å². The Hall–Kier alpha value is -0.650. The lowest BCUT2D eigenvalue weighted by Crippen LogP contribution is -1.92. The van der Waals surface area contributed by atoms with Crippen molar-refractivity contribution in [2.24, 2.45) is 0 Å². The molecule has 0 bridgehead atoms. The lowest BCUT2D eigenvalue weighted by Gasteiger charge is -1.89. The van der Waals surface area contributed by atoms with E-state index in [2.05, 4.69) is 25.9 Å². The first-order chi connectivity index (χ1) is 6.81. The predicted octanol–water partition coefficient (Wildman–Crippen LogP) is 2.44. The molecule has 0 aliphatic rings. The summed E-state index contributed by atoms with van der Waals surface area (Å²) in [7, 11) is 0. The fourth-order valence-electron chi connectivity index (χ4n) is 1.20. The van der Waals surface area contributed by atoms with Gasteiger partial charge in [-0.15, -0.1) is 11.3 Å². The summed E-state index contributed by atoms with van der Waals surface area (Å²) in [5.41, 5.74) is 0.920. The molecule has 2 N–H and O–H groups in total. The average molecular weight is 273 g/mol. The third-order valence-electron chi connectivity index (χ3n) is 1.81. The van der Waals surface area contributed by atoms with E-state index < -0.39 is 0 Å². The minimum Gasteiger partial charge on any atom is -0.396 e. The number of H-pyrrole nitrogens is 1. The van der Waals surface area contributed by atoms with E-state index in [1.165, 1.54) is 0 Å². The van der Waals surface area contributed by atoms with Crippen molar-refractivity contribution in [2.45, 2.75) is 6.42 Å². The van der Waals surface area contributed by atoms with E-state index in [-0.39, 0.29) is 6.61 Å². The molecule has 0 aromatic carbocycles. The fourth-order valence-corrected chi connectivity index (χ4v) is 2.58. The zero-order chi connectivity index (χ0) is 9.97. The van der Waals surface area contributed by atoms with Crippen LogP contribution in [0.2, 0.25) is 0 Å². The lowest BCUT2D eigenvalue weighted by atomic mass is 10.4. The van der Waals surface area contributed by atoms with Gasteiger partial charge in [0.1, 0.15) is 16.1 Å². The molecule has 2 heterocycles. The highest BCUT2D eigenvalue weighted by molar-refractivity contribution is 9.10. The highest BCUT2D eigenvalue weighted by Gasteiger charge is 2.10. The molecule has 2 aromatic rings. The topological polar surface area (TPSA) is 48.9 Å². The number of nitrogens with one attached hydrogen (secondary N) is 1. The molecule has 0 radical (unpaired) electrons. The molecule has 3 nitrogen and oxygen atoms in total. The molecule has 0 aliphatic carbocycles. The molecule has 14 heavy (non-hydrogen) atoms. The molecule has 2 aromatic heterocycles. The number of hydrogen-bond acceptors (Lipinski definition) is 3. The van der Waals surface area contributed by atoms with Crippen LogP contribution in [0.15, 0.2) is 22.1 Å². The van der Waals surface area contributed by atoms with Gasteiger partial charge in [-0.2, -0.15) is 0 Å². The van der Waals surface area contributed by atoms with E-state index in [9.17, 15) is 0 Å². The number of aliphatic hydroxyl groups is 1. The number of nitrogens with zero attached hydrogens (tertiary/aromatic N) is 1. The van der Waals surface area contributed by atoms with Crippen molar-refractivity contribution >= 4 is 27.3 Å². The number of aromatic amines is 1. The van der Waals surface area contributed by atoms with Crippen molar-refractivity contribution < 1.29 is 5.11 Å². The van der Waals surface area contributed by atoms with Gasteiger partial charge >= 0.3 is 0 Å². The summed E-state index contributed by atoms with van der Waals surface area (Å²) in [6.45, 7) is 0.115. The first-order valence-electron chi connectivity index (χ1n) is 4.20. The van der Waals surface area contributed by atoms with Gasteiger partial charge in [0.2, 0.25) is 0 Å². The Labute approximate surface area is 93.9 Å². The van der Waals surface area contributed by atoms with E-state index in [1.54, 1.807) is 11.3 Å². The molecule has 0 saturated carbocycles. The van der Waals surface area contributed by atoms with Crippen LogP contribution in [0.1, 0.15) is 5.82 Å². The van der Waals surface area contributed by atoms with Crippen LogP contribution in [0, 0.1) is 0 Å². The van der Waals surface area contributed by atoms with Crippen molar-refractivity contribution in [2.75, 3.05) is 6.61 Å². The molecule has 2 rings (SSSR count). The van der Waals surface area contributed by atoms with Gasteiger partial charge in [-0.05, 0) is 27.4 Å². The third kappa shape index (κ3) is 1.89. The van der Waals surface area contributed by atoms with E-state index in [1.807, 2.05) is 17.5 Å². The minimum atomic E-state index is 0.115. The van der Waals surface area contributed by atoms with Crippen LogP contribution in [0.4, 0.5) is 0 Å². The van der Waals surface area contributed by atoms with E-state index in [0.717, 1.165) is 21.0 Å². The number of aromatic nitrogens is 2. The van der Waals surface area contributed by atoms with Crippen LogP contribution in [-0.2, 0) is 6.42 Å². The maximum absolute atomic E-state index is 8.78. The zero-order valence-electron chi connectivity index (χ0n) is 7.33. The number of imidazole rings is 1. The van der Waals surface area contributed by atoms with Crippen LogP contribution in [0.25, 0.3) is 10.6 Å². The van der Waals surface area contributed by atoms with Crippen molar-refractivity contribution in [1.29, 1.82) is 0 Å². The molecule has 5 heteroatoms. The molecular weight excluding hydrogens is 264 g/mol. The Morgan fingerprint density at radius 2 is 2.43 bits per heavy atom. The number of hydrogen-bond donors (Lipinski definition) is 2. The Balaban J connectivity index is 2.35. The molecule has 0 fully saturated rings. The summed E-state index contributed by atoms with van der Waals surface area (Å²) < 4.78 is 0.878. The van der Waals surface area contributed by atoms with Gasteiger partial charge < -0.3 is 10.1 Å². The summed E-state index contributed by atoms with van der Waals surface area (Å²) >= 11 is 5.06. The van der Waals surface area contributed by atoms with Crippen LogP contribution in [0.3, 0.4) is 0 Å². The second-order valence-electron chi connectivity index (χ2n) is 2.80. The largest absolute Gasteiger partial charge is 0.396 e. The Bertz CT molecular complexity index is 410. The van der Waals surface area contributed by atoms with Gasteiger partial charge in [0, 0.05) is 6.42 Å². The van der Waals surface area contributed by atoms with E-state index in [0.29, 0.717) is 6.42 Å². The second kappa shape index (κ2) is 4.25. The molecule has 0 atom stereocenters. The highest BCUT2D eigenvalue weighted by atomic mass is 79.9. The van der Waals surface area contributed by atoms with Gasteiger partial charge in [0.05, 0.1) is 11.5 Å². The smallest absolute Gasteiger partial charge is 0.113 e. The summed E-state index contributed by atoms with van der Waals surface area (Å²) in [5.74, 6) is 0.808. The minimum absolute atomic E-state index is 0.115. The van der Waals surface area contributed by atoms with Gasteiger partial charge in [0.25, 0.3) is 0 Å². The Kier molecular flexibility index (Phi) is 3.00. The third-order valence-corrected chi connectivity index (χ3v) is 3.26. The second-order valence-corrected chi connectivity index (χ2v) is 4.54. The quantitative estimate of drug-likeness (QED) is 0.902. The van der Waals surface area contributed by atoms with Crippen molar-refractivity contribution in [3.05, 3.63) is 27.9 Å². The van der Waals surface area contributed by atoms with Crippen LogP contribution in [0.5, 0.6) is 0 Å². The van der Waals surface area contributed by atoms with Gasteiger partial charge in [-0.25, -0.2) is 4.98 Å². The fraction of sp³-hybridized carbons (Fsp3) is 0.222. The molecule has 0 aliphatic heterocycles. The van der Waals surface area contributed by atoms with Crippen molar-refractivity contribution in [1.82, 2.24) is 9.97 Å². The summed E-state index contributed by atoms with van der Waals surface area (Å²) in [6.07, 6.45) is 0.559. The van der Waals surface area contributed by atoms with Gasteiger partial charge in [-0.1, -0.05) is 6.07 Å². The summed E-state index contributed by atoms with van der Waals surface area (Å²) in [6, 6.07) is 4.02. The van der Waals surface area contributed by atoms with Crippen molar-refractivity contribution in [3.8, 4) is 10.6 Å². The number of thiophene rings is 1. The normalized spacial score (nSPS) is 10.7. The van der Waals surface area contributed by atoms with Gasteiger partial charge in [-0.3, -0.25) is 0 Å². The van der Waals surface area contributed by atoms with Crippen molar-refractivity contribution in [3.63, 3.8) is 0 Å². The van der Waals surface area contributed by atoms with E-state index in [4.69, 9.17) is 5.11 Å². The first kappa shape index (κ1) is 9.89. The SMILES string of the molecule is OCCc1nc(-c2cccs2)c(Br)[nH]1. The Morgan fingerprint density at radius 1 is 1.57 bits per heavy atom. The molecule has 74 valence electrons. The molecule has 0 amide bonds. The predicted molar refractivity (Wildman–Crippen MR) is 60.4 cm³/mol. The molecule has 0 saturated heterocycles. The summed E-state index contributed by atoms with van der Waals surface area (Å²) in [4.78, 5) is 8.60. The summed E-state index contributed by atoms with van der Waals surface area (Å²) in [5, 5.41) is 10.8. The molecule has 0 spiro atoms. The lowest BCUT2D eigenvalue weighted by molar-refractivity contribution is 0.297. The highest BCUT2D eigenvalue weighted by Crippen LogP contribution is 2.29. The van der Waals surface area contributed by atoms with Crippen LogP contribution in [-0.4, -0.2) is 21.7 Å². The number of rotatable bonds is 3. The molecule has 0 unspecified atom stereocenters. The van der Waals surface area contributed by atoms with Gasteiger partial charge in [0.15, 0.2) is 0 Å². The Morgan fingerprint density at radius 3 is 3.07 bits per heavy atom. The average Bonchev–Trinajstić information content (AvgIpc) is 2.74. The molecular formula is C9H9BrN2OS. The first-order valence-corrected chi connectivity index (χ1v) is 5.87. The number of halogens is 1. The van der Waals surface area contributed by atoms with Crippen LogP contribution >= 0.6 is 27.3 Å².